The van der Waals surface area contributed by atoms with E-state index in [4.69, 9.17) is 21.7 Å². The van der Waals surface area contributed by atoms with Gasteiger partial charge in [-0.25, -0.2) is 4.39 Å². The Morgan fingerprint density at radius 1 is 1.29 bits per heavy atom. The molecule has 5 nitrogen and oxygen atoms in total. The highest BCUT2D eigenvalue weighted by atomic mass is 79.9. The van der Waals surface area contributed by atoms with E-state index in [0.29, 0.717) is 0 Å². The third-order valence-electron chi connectivity index (χ3n) is 2.39. The van der Waals surface area contributed by atoms with Crippen molar-refractivity contribution in [3.8, 4) is 11.5 Å². The van der Waals surface area contributed by atoms with Crippen molar-refractivity contribution in [2.45, 2.75) is 0 Å². The van der Waals surface area contributed by atoms with Gasteiger partial charge in [0.05, 0.1) is 5.52 Å². The molecule has 0 fully saturated rings. The molecular formula is C9H4BrFN2O3S. The van der Waals surface area contributed by atoms with Gasteiger partial charge in [-0.1, -0.05) is 0 Å². The van der Waals surface area contributed by atoms with Crippen LogP contribution in [0.25, 0.3) is 10.9 Å². The number of rotatable bonds is 0. The van der Waals surface area contributed by atoms with Crippen LogP contribution < -0.4 is 15.0 Å². The number of aromatic nitrogens is 2. The van der Waals surface area contributed by atoms with E-state index >= 15 is 0 Å². The fourth-order valence-electron chi connectivity index (χ4n) is 1.70. The first-order valence-corrected chi connectivity index (χ1v) is 5.72. The second-order valence-electron chi connectivity index (χ2n) is 3.35. The van der Waals surface area contributed by atoms with Crippen molar-refractivity contribution in [3.05, 3.63) is 25.4 Å². The van der Waals surface area contributed by atoms with Crippen LogP contribution in [0.4, 0.5) is 4.39 Å². The number of ether oxygens (including phenoxy) is 2. The molecule has 0 atom stereocenters. The molecule has 0 amide bonds. The van der Waals surface area contributed by atoms with Gasteiger partial charge in [-0.3, -0.25) is 9.78 Å². The zero-order chi connectivity index (χ0) is 12.2. The minimum absolute atomic E-state index is 0.00475. The normalized spacial score (nSPS) is 13.3. The average molecular weight is 319 g/mol. The summed E-state index contributed by atoms with van der Waals surface area (Å²) in [5.41, 5.74) is -0.522. The summed E-state index contributed by atoms with van der Waals surface area (Å²) in [5.74, 6) is -0.242. The number of hydrogen-bond acceptors (Lipinski definition) is 4. The molecular weight excluding hydrogens is 315 g/mol. The van der Waals surface area contributed by atoms with Crippen LogP contribution in [-0.2, 0) is 0 Å². The summed E-state index contributed by atoms with van der Waals surface area (Å²) in [5, 5.41) is 0.0619. The molecule has 0 spiro atoms. The Labute approximate surface area is 107 Å². The lowest BCUT2D eigenvalue weighted by Gasteiger charge is -2.05. The number of nitrogens with one attached hydrogen (secondary N) is 2. The highest BCUT2D eigenvalue weighted by Gasteiger charge is 2.27. The summed E-state index contributed by atoms with van der Waals surface area (Å²) in [6.07, 6.45) is 0. The first-order valence-electron chi connectivity index (χ1n) is 4.52. The van der Waals surface area contributed by atoms with Gasteiger partial charge in [0.25, 0.3) is 5.56 Å². The molecule has 0 unspecified atom stereocenters. The van der Waals surface area contributed by atoms with E-state index in [1.54, 1.807) is 0 Å². The summed E-state index contributed by atoms with van der Waals surface area (Å²) in [7, 11) is 0. The van der Waals surface area contributed by atoms with Crippen molar-refractivity contribution >= 4 is 39.1 Å². The molecule has 0 bridgehead atoms. The largest absolute Gasteiger partial charge is 0.453 e. The highest BCUT2D eigenvalue weighted by molar-refractivity contribution is 9.10. The van der Waals surface area contributed by atoms with Crippen LogP contribution in [0, 0.1) is 10.6 Å². The fraction of sp³-hybridized carbons (Fsp3) is 0.111. The second-order valence-corrected chi connectivity index (χ2v) is 4.55. The first-order chi connectivity index (χ1) is 8.09. The van der Waals surface area contributed by atoms with Crippen LogP contribution in [0.3, 0.4) is 0 Å². The minimum Gasteiger partial charge on any atom is -0.453 e. The summed E-state index contributed by atoms with van der Waals surface area (Å²) in [6, 6.07) is 0. The molecule has 88 valence electrons. The van der Waals surface area contributed by atoms with Crippen molar-refractivity contribution < 1.29 is 13.9 Å². The zero-order valence-electron chi connectivity index (χ0n) is 8.10. The van der Waals surface area contributed by atoms with Crippen LogP contribution in [0.15, 0.2) is 9.27 Å². The van der Waals surface area contributed by atoms with Gasteiger partial charge < -0.3 is 14.5 Å². The number of hydrogen-bond donors (Lipinski definition) is 2. The lowest BCUT2D eigenvalue weighted by Crippen LogP contribution is -2.10. The van der Waals surface area contributed by atoms with Crippen molar-refractivity contribution in [2.24, 2.45) is 0 Å². The maximum absolute atomic E-state index is 14.0. The van der Waals surface area contributed by atoms with E-state index in [9.17, 15) is 9.18 Å². The summed E-state index contributed by atoms with van der Waals surface area (Å²) >= 11 is 7.85. The molecule has 2 heterocycles. The Balaban J connectivity index is 2.64. The fourth-order valence-corrected chi connectivity index (χ4v) is 2.39. The maximum atomic E-state index is 14.0. The van der Waals surface area contributed by atoms with Gasteiger partial charge in [-0.15, -0.1) is 0 Å². The smallest absolute Gasteiger partial charge is 0.263 e. The summed E-state index contributed by atoms with van der Waals surface area (Å²) in [6.45, 7) is -0.0540. The van der Waals surface area contributed by atoms with Crippen molar-refractivity contribution in [1.82, 2.24) is 9.97 Å². The number of aromatic amines is 2. The van der Waals surface area contributed by atoms with Crippen molar-refractivity contribution in [3.63, 3.8) is 0 Å². The first kappa shape index (κ1) is 10.7. The number of H-pyrrole nitrogens is 2. The lowest BCUT2D eigenvalue weighted by molar-refractivity contribution is 0.174. The topological polar surface area (TPSA) is 67.1 Å². The summed E-state index contributed by atoms with van der Waals surface area (Å²) < 4.78 is 24.4. The standard InChI is InChI=1S/C9H4BrFN2O3S/c10-3-4(11)5-2(6-7(3)16-1-15-6)8(14)13-9(17)12-5/h1H2,(H2,12,13,14,17). The van der Waals surface area contributed by atoms with Crippen LogP contribution in [0.1, 0.15) is 0 Å². The van der Waals surface area contributed by atoms with Gasteiger partial charge in [-0.05, 0) is 28.1 Å². The third-order valence-corrected chi connectivity index (χ3v) is 3.31. The van der Waals surface area contributed by atoms with Gasteiger partial charge in [0.15, 0.2) is 22.1 Å². The number of benzene rings is 1. The second kappa shape index (κ2) is 3.54. The Bertz CT molecular complexity index is 754. The molecule has 1 aromatic heterocycles. The predicted octanol–water partition coefficient (Wildman–Crippen LogP) is 2.22. The molecule has 3 rings (SSSR count). The molecule has 0 aliphatic carbocycles. The molecule has 2 aromatic rings. The average Bonchev–Trinajstić information content (AvgIpc) is 2.73. The van der Waals surface area contributed by atoms with E-state index < -0.39 is 11.4 Å². The Morgan fingerprint density at radius 2 is 2.00 bits per heavy atom. The van der Waals surface area contributed by atoms with Crippen LogP contribution in [0.2, 0.25) is 0 Å². The molecule has 0 radical (unpaired) electrons. The molecule has 0 saturated carbocycles. The molecule has 1 aliphatic rings. The Hall–Kier alpha value is -1.41. The summed E-state index contributed by atoms with van der Waals surface area (Å²) in [4.78, 5) is 16.7. The number of fused-ring (bicyclic) bond motifs is 3. The van der Waals surface area contributed by atoms with E-state index in [2.05, 4.69) is 25.9 Å². The minimum atomic E-state index is -0.638. The third kappa shape index (κ3) is 1.40. The maximum Gasteiger partial charge on any atom is 0.263 e. The van der Waals surface area contributed by atoms with Gasteiger partial charge in [-0.2, -0.15) is 0 Å². The lowest BCUT2D eigenvalue weighted by atomic mass is 10.2. The SMILES string of the molecule is O=c1[nH]c(=S)[nH]c2c(F)c(Br)c3c(c12)OCO3. The molecule has 8 heteroatoms. The Morgan fingerprint density at radius 3 is 2.76 bits per heavy atom. The highest BCUT2D eigenvalue weighted by Crippen LogP contribution is 2.44. The monoisotopic (exact) mass is 318 g/mol. The van der Waals surface area contributed by atoms with Crippen LogP contribution in [0.5, 0.6) is 11.5 Å². The molecule has 0 saturated heterocycles. The molecule has 1 aliphatic heterocycles. The van der Waals surface area contributed by atoms with Gasteiger partial charge in [0, 0.05) is 0 Å². The van der Waals surface area contributed by atoms with E-state index in [1.807, 2.05) is 0 Å². The van der Waals surface area contributed by atoms with Gasteiger partial charge in [0.2, 0.25) is 6.79 Å². The molecule has 17 heavy (non-hydrogen) atoms. The quantitative estimate of drug-likeness (QED) is 0.731. The predicted molar refractivity (Wildman–Crippen MR) is 63.5 cm³/mol. The van der Waals surface area contributed by atoms with Gasteiger partial charge in [0.1, 0.15) is 9.86 Å². The van der Waals surface area contributed by atoms with E-state index in [-0.39, 0.29) is 38.4 Å². The van der Waals surface area contributed by atoms with E-state index in [0.717, 1.165) is 0 Å². The van der Waals surface area contributed by atoms with Crippen LogP contribution in [-0.4, -0.2) is 16.8 Å². The van der Waals surface area contributed by atoms with Crippen molar-refractivity contribution in [2.75, 3.05) is 6.79 Å². The van der Waals surface area contributed by atoms with Gasteiger partial charge >= 0.3 is 0 Å². The Kier molecular flexibility index (Phi) is 2.23. The van der Waals surface area contributed by atoms with Crippen molar-refractivity contribution in [1.29, 1.82) is 0 Å². The molecule has 1 aromatic carbocycles. The molecule has 2 N–H and O–H groups in total. The zero-order valence-corrected chi connectivity index (χ0v) is 10.5. The number of halogens is 2. The van der Waals surface area contributed by atoms with Crippen LogP contribution >= 0.6 is 28.1 Å². The van der Waals surface area contributed by atoms with E-state index in [1.165, 1.54) is 0 Å².